The largest absolute Gasteiger partial charge is 0.497 e. The van der Waals surface area contributed by atoms with Crippen LogP contribution in [0.25, 0.3) is 28.3 Å². The van der Waals surface area contributed by atoms with Crippen molar-refractivity contribution >= 4 is 21.7 Å². The molecule has 0 atom stereocenters. The van der Waals surface area contributed by atoms with E-state index in [9.17, 15) is 0 Å². The summed E-state index contributed by atoms with van der Waals surface area (Å²) in [4.78, 5) is 4.78. The summed E-state index contributed by atoms with van der Waals surface area (Å²) in [6.07, 6.45) is 4.15. The third-order valence-corrected chi connectivity index (χ3v) is 4.67. The average Bonchev–Trinajstić information content (AvgIpc) is 3.15. The number of aryl methyl sites for hydroxylation is 1. The van der Waals surface area contributed by atoms with Crippen LogP contribution in [0.1, 0.15) is 0 Å². The monoisotopic (exact) mass is 381 g/mol. The molecular weight excluding hydrogens is 366 g/mol. The first kappa shape index (κ1) is 15.0. The Labute approximate surface area is 148 Å². The Morgan fingerprint density at radius 2 is 1.79 bits per heavy atom. The summed E-state index contributed by atoms with van der Waals surface area (Å²) >= 11 is 3.46. The minimum atomic E-state index is 0.849. The highest BCUT2D eigenvalue weighted by Gasteiger charge is 2.12. The molecule has 2 aromatic carbocycles. The van der Waals surface area contributed by atoms with Gasteiger partial charge in [-0.25, -0.2) is 4.98 Å². The van der Waals surface area contributed by atoms with Gasteiger partial charge in [0.15, 0.2) is 0 Å². The number of hydrogen-bond donors (Lipinski definition) is 0. The van der Waals surface area contributed by atoms with E-state index in [0.29, 0.717) is 0 Å². The highest BCUT2D eigenvalue weighted by Crippen LogP contribution is 2.28. The first-order chi connectivity index (χ1) is 11.7. The first-order valence-corrected chi connectivity index (χ1v) is 8.40. The maximum Gasteiger partial charge on any atom is 0.214 e. The first-order valence-electron chi connectivity index (χ1n) is 7.60. The SMILES string of the molecule is COc1cccc(-c2cn3cc(-c4ccc(Br)cc4)nc3n2C)c1. The van der Waals surface area contributed by atoms with Crippen molar-refractivity contribution in [3.8, 4) is 28.3 Å². The van der Waals surface area contributed by atoms with Crippen LogP contribution in [0.2, 0.25) is 0 Å². The van der Waals surface area contributed by atoms with Crippen molar-refractivity contribution in [3.05, 3.63) is 65.4 Å². The van der Waals surface area contributed by atoms with Gasteiger partial charge >= 0.3 is 0 Å². The Morgan fingerprint density at radius 1 is 1.00 bits per heavy atom. The molecule has 0 aliphatic carbocycles. The molecule has 0 aliphatic rings. The third kappa shape index (κ3) is 2.51. The van der Waals surface area contributed by atoms with Crippen molar-refractivity contribution in [1.29, 1.82) is 0 Å². The maximum absolute atomic E-state index is 5.32. The average molecular weight is 382 g/mol. The van der Waals surface area contributed by atoms with Crippen LogP contribution in [-0.2, 0) is 7.05 Å². The molecule has 4 rings (SSSR count). The topological polar surface area (TPSA) is 31.5 Å². The smallest absolute Gasteiger partial charge is 0.214 e. The number of ether oxygens (including phenoxy) is 1. The van der Waals surface area contributed by atoms with Gasteiger partial charge in [-0.15, -0.1) is 0 Å². The molecule has 2 heterocycles. The fourth-order valence-electron chi connectivity index (χ4n) is 2.86. The minimum Gasteiger partial charge on any atom is -0.497 e. The van der Waals surface area contributed by atoms with Crippen LogP contribution in [-0.4, -0.2) is 21.1 Å². The Kier molecular flexibility index (Phi) is 3.65. The number of methoxy groups -OCH3 is 1. The molecule has 0 unspecified atom stereocenters. The summed E-state index contributed by atoms with van der Waals surface area (Å²) in [5.41, 5.74) is 4.27. The fourth-order valence-corrected chi connectivity index (χ4v) is 3.13. The second-order valence-corrected chi connectivity index (χ2v) is 6.56. The zero-order valence-electron chi connectivity index (χ0n) is 13.4. The quantitative estimate of drug-likeness (QED) is 0.511. The Morgan fingerprint density at radius 3 is 2.50 bits per heavy atom. The molecule has 4 nitrogen and oxygen atoms in total. The van der Waals surface area contributed by atoms with E-state index >= 15 is 0 Å². The summed E-state index contributed by atoms with van der Waals surface area (Å²) in [5.74, 6) is 1.76. The molecule has 0 aliphatic heterocycles. The standard InChI is InChI=1S/C19H16BrN3O/c1-22-18(14-4-3-5-16(10-14)24-2)12-23-11-17(21-19(22)23)13-6-8-15(20)9-7-13/h3-12H,1-2H3. The molecule has 0 bridgehead atoms. The predicted octanol–water partition coefficient (Wildman–Crippen LogP) is 4.78. The van der Waals surface area contributed by atoms with Gasteiger partial charge in [-0.1, -0.05) is 40.2 Å². The molecule has 0 saturated heterocycles. The molecule has 2 aromatic heterocycles. The van der Waals surface area contributed by atoms with E-state index in [0.717, 1.165) is 38.5 Å². The summed E-state index contributed by atoms with van der Waals surface area (Å²) in [6.45, 7) is 0. The van der Waals surface area contributed by atoms with E-state index in [4.69, 9.17) is 9.72 Å². The lowest BCUT2D eigenvalue weighted by molar-refractivity contribution is 0.415. The van der Waals surface area contributed by atoms with Gasteiger partial charge in [-0.2, -0.15) is 0 Å². The number of benzene rings is 2. The van der Waals surface area contributed by atoms with Crippen molar-refractivity contribution in [3.63, 3.8) is 0 Å². The van der Waals surface area contributed by atoms with Crippen LogP contribution in [0, 0.1) is 0 Å². The van der Waals surface area contributed by atoms with Crippen molar-refractivity contribution in [2.75, 3.05) is 7.11 Å². The molecule has 0 radical (unpaired) electrons. The van der Waals surface area contributed by atoms with E-state index in [2.05, 4.69) is 55.5 Å². The molecule has 120 valence electrons. The summed E-state index contributed by atoms with van der Waals surface area (Å²) in [7, 11) is 3.71. The number of imidazole rings is 2. The highest BCUT2D eigenvalue weighted by atomic mass is 79.9. The number of rotatable bonds is 3. The van der Waals surface area contributed by atoms with Gasteiger partial charge in [0.1, 0.15) is 5.75 Å². The van der Waals surface area contributed by atoms with E-state index in [-0.39, 0.29) is 0 Å². The summed E-state index contributed by atoms with van der Waals surface area (Å²) < 4.78 is 10.5. The number of fused-ring (bicyclic) bond motifs is 1. The molecule has 5 heteroatoms. The molecular formula is C19H16BrN3O. The lowest BCUT2D eigenvalue weighted by Crippen LogP contribution is -1.93. The highest BCUT2D eigenvalue weighted by molar-refractivity contribution is 9.10. The van der Waals surface area contributed by atoms with Crippen LogP contribution in [0.15, 0.2) is 65.4 Å². The minimum absolute atomic E-state index is 0.849. The lowest BCUT2D eigenvalue weighted by Gasteiger charge is -2.05. The second-order valence-electron chi connectivity index (χ2n) is 5.65. The molecule has 0 amide bonds. The Balaban J connectivity index is 1.79. The zero-order chi connectivity index (χ0) is 16.7. The van der Waals surface area contributed by atoms with Crippen molar-refractivity contribution in [1.82, 2.24) is 14.0 Å². The van der Waals surface area contributed by atoms with E-state index in [1.165, 1.54) is 0 Å². The van der Waals surface area contributed by atoms with E-state index in [1.54, 1.807) is 7.11 Å². The molecule has 24 heavy (non-hydrogen) atoms. The summed E-state index contributed by atoms with van der Waals surface area (Å²) in [6, 6.07) is 16.2. The predicted molar refractivity (Wildman–Crippen MR) is 99.3 cm³/mol. The normalized spacial score (nSPS) is 11.1. The molecule has 0 spiro atoms. The van der Waals surface area contributed by atoms with Gasteiger partial charge in [-0.3, -0.25) is 4.40 Å². The Bertz CT molecular complexity index is 1010. The van der Waals surface area contributed by atoms with Gasteiger partial charge in [0.2, 0.25) is 5.78 Å². The van der Waals surface area contributed by atoms with Crippen LogP contribution in [0.3, 0.4) is 0 Å². The third-order valence-electron chi connectivity index (χ3n) is 4.14. The van der Waals surface area contributed by atoms with Gasteiger partial charge < -0.3 is 9.30 Å². The zero-order valence-corrected chi connectivity index (χ0v) is 15.0. The van der Waals surface area contributed by atoms with Crippen LogP contribution in [0.4, 0.5) is 0 Å². The van der Waals surface area contributed by atoms with E-state index in [1.807, 2.05) is 37.4 Å². The number of halogens is 1. The van der Waals surface area contributed by atoms with Crippen LogP contribution >= 0.6 is 15.9 Å². The van der Waals surface area contributed by atoms with Gasteiger partial charge in [0.25, 0.3) is 0 Å². The number of aromatic nitrogens is 3. The summed E-state index contributed by atoms with van der Waals surface area (Å²) in [5, 5.41) is 0. The van der Waals surface area contributed by atoms with Crippen LogP contribution < -0.4 is 4.74 Å². The maximum atomic E-state index is 5.32. The molecule has 0 fully saturated rings. The van der Waals surface area contributed by atoms with E-state index < -0.39 is 0 Å². The van der Waals surface area contributed by atoms with Gasteiger partial charge in [-0.05, 0) is 24.3 Å². The van der Waals surface area contributed by atoms with Crippen molar-refractivity contribution in [2.45, 2.75) is 0 Å². The van der Waals surface area contributed by atoms with Crippen LogP contribution in [0.5, 0.6) is 5.75 Å². The second kappa shape index (κ2) is 5.83. The molecule has 0 N–H and O–H groups in total. The van der Waals surface area contributed by atoms with Crippen molar-refractivity contribution in [2.24, 2.45) is 7.05 Å². The van der Waals surface area contributed by atoms with Gasteiger partial charge in [0.05, 0.1) is 18.5 Å². The Hall–Kier alpha value is -2.53. The number of hydrogen-bond acceptors (Lipinski definition) is 2. The lowest BCUT2D eigenvalue weighted by atomic mass is 10.1. The number of nitrogens with zero attached hydrogens (tertiary/aromatic N) is 3. The fraction of sp³-hybridized carbons (Fsp3) is 0.105. The molecule has 4 aromatic rings. The van der Waals surface area contributed by atoms with Gasteiger partial charge in [0, 0.05) is 35.0 Å². The molecule has 0 saturated carbocycles. The van der Waals surface area contributed by atoms with Crippen molar-refractivity contribution < 1.29 is 4.74 Å².